The Bertz CT molecular complexity index is 343. The van der Waals surface area contributed by atoms with Gasteiger partial charge in [-0.3, -0.25) is 0 Å². The Hall–Kier alpha value is -0.915. The normalized spacial score (nSPS) is 9.77. The second-order valence-electron chi connectivity index (χ2n) is 2.28. The summed E-state index contributed by atoms with van der Waals surface area (Å²) in [6.07, 6.45) is 1.10. The third kappa shape index (κ3) is 2.27. The summed E-state index contributed by atoms with van der Waals surface area (Å²) in [4.78, 5) is 14.0. The summed E-state index contributed by atoms with van der Waals surface area (Å²) in [5.41, 5.74) is -0.0266. The molecule has 0 unspecified atom stereocenters. The topological polar surface area (TPSA) is 90.7 Å². The number of pyridine rings is 1. The fraction of sp³-hybridized carbons (Fsp3) is 0. The second-order valence-corrected chi connectivity index (χ2v) is 3.13. The highest BCUT2D eigenvalue weighted by Gasteiger charge is 2.16. The lowest BCUT2D eigenvalue weighted by Crippen LogP contribution is -2.30. The van der Waals surface area contributed by atoms with Gasteiger partial charge in [0.2, 0.25) is 0 Å². The third-order valence-electron chi connectivity index (χ3n) is 1.36. The van der Waals surface area contributed by atoms with Crippen LogP contribution in [0.2, 0.25) is 0 Å². The largest absolute Gasteiger partial charge is 0.490 e. The van der Waals surface area contributed by atoms with Crippen molar-refractivity contribution in [1.82, 2.24) is 4.98 Å². The van der Waals surface area contributed by atoms with E-state index in [1.807, 2.05) is 0 Å². The van der Waals surface area contributed by atoms with Crippen LogP contribution in [0.4, 0.5) is 0 Å². The highest BCUT2D eigenvalue weighted by Crippen LogP contribution is 2.11. The Morgan fingerprint density at radius 1 is 1.54 bits per heavy atom. The van der Waals surface area contributed by atoms with E-state index in [-0.39, 0.29) is 15.6 Å². The molecule has 1 aromatic rings. The number of aromatic carboxylic acids is 1. The zero-order chi connectivity index (χ0) is 10.0. The van der Waals surface area contributed by atoms with E-state index in [0.29, 0.717) is 0 Å². The summed E-state index contributed by atoms with van der Waals surface area (Å²) in [6, 6.07) is 1.29. The highest BCUT2D eigenvalue weighted by molar-refractivity contribution is 9.10. The van der Waals surface area contributed by atoms with Gasteiger partial charge in [-0.2, -0.15) is 0 Å². The van der Waals surface area contributed by atoms with Gasteiger partial charge in [-0.25, -0.2) is 9.78 Å². The van der Waals surface area contributed by atoms with Crippen molar-refractivity contribution in [3.8, 4) is 0 Å². The van der Waals surface area contributed by atoms with Crippen molar-refractivity contribution in [2.24, 2.45) is 0 Å². The number of hydrogen-bond donors (Lipinski definition) is 3. The summed E-state index contributed by atoms with van der Waals surface area (Å²) < 4.78 is 0.214. The molecule has 3 N–H and O–H groups in total. The number of carbonyl (C=O) groups is 1. The molecule has 0 fully saturated rings. The molecule has 0 aliphatic rings. The van der Waals surface area contributed by atoms with Crippen LogP contribution in [0.25, 0.3) is 0 Å². The summed E-state index contributed by atoms with van der Waals surface area (Å²) in [7, 11) is -1.65. The SMILES string of the molecule is O=C(O)c1ncc(B(O)O)cc1Br. The van der Waals surface area contributed by atoms with Gasteiger partial charge in [-0.1, -0.05) is 0 Å². The maximum absolute atomic E-state index is 10.5. The Kier molecular flexibility index (Phi) is 3.02. The molecule has 1 rings (SSSR count). The first-order chi connectivity index (χ1) is 6.02. The third-order valence-corrected chi connectivity index (χ3v) is 1.97. The van der Waals surface area contributed by atoms with E-state index in [0.717, 1.165) is 6.20 Å². The Balaban J connectivity index is 3.13. The van der Waals surface area contributed by atoms with Crippen LogP contribution in [0, 0.1) is 0 Å². The number of carboxylic acids is 1. The zero-order valence-corrected chi connectivity index (χ0v) is 7.89. The van der Waals surface area contributed by atoms with E-state index < -0.39 is 13.1 Å². The first-order valence-corrected chi connectivity index (χ1v) is 4.06. The maximum atomic E-state index is 10.5. The number of rotatable bonds is 2. The molecule has 13 heavy (non-hydrogen) atoms. The van der Waals surface area contributed by atoms with Crippen LogP contribution in [0.15, 0.2) is 16.7 Å². The summed E-state index contributed by atoms with van der Waals surface area (Å²) in [5, 5.41) is 26.0. The summed E-state index contributed by atoms with van der Waals surface area (Å²) in [5.74, 6) is -1.18. The van der Waals surface area contributed by atoms with Crippen LogP contribution in [0.5, 0.6) is 0 Å². The predicted molar refractivity (Wildman–Crippen MR) is 48.7 cm³/mol. The van der Waals surface area contributed by atoms with Gasteiger partial charge < -0.3 is 15.2 Å². The molecular formula is C6H5BBrNO4. The lowest BCUT2D eigenvalue weighted by molar-refractivity contribution is 0.0689. The molecule has 0 amide bonds. The Morgan fingerprint density at radius 3 is 2.54 bits per heavy atom. The first-order valence-electron chi connectivity index (χ1n) is 3.27. The molecule has 0 bridgehead atoms. The van der Waals surface area contributed by atoms with Crippen molar-refractivity contribution in [1.29, 1.82) is 0 Å². The van der Waals surface area contributed by atoms with Crippen LogP contribution in [-0.4, -0.2) is 33.2 Å². The molecule has 68 valence electrons. The van der Waals surface area contributed by atoms with Gasteiger partial charge in [0.1, 0.15) is 0 Å². The Labute approximate surface area is 82.3 Å². The van der Waals surface area contributed by atoms with Crippen LogP contribution in [0.1, 0.15) is 10.5 Å². The lowest BCUT2D eigenvalue weighted by atomic mass is 9.82. The summed E-state index contributed by atoms with van der Waals surface area (Å²) in [6.45, 7) is 0. The van der Waals surface area contributed by atoms with Gasteiger partial charge in [0.05, 0.1) is 4.47 Å². The van der Waals surface area contributed by atoms with Gasteiger partial charge in [-0.05, 0) is 22.0 Å². The van der Waals surface area contributed by atoms with Gasteiger partial charge in [0.15, 0.2) is 5.69 Å². The highest BCUT2D eigenvalue weighted by atomic mass is 79.9. The monoisotopic (exact) mass is 245 g/mol. The van der Waals surface area contributed by atoms with E-state index >= 15 is 0 Å². The van der Waals surface area contributed by atoms with Crippen molar-refractivity contribution in [3.05, 3.63) is 22.4 Å². The molecule has 0 saturated heterocycles. The van der Waals surface area contributed by atoms with Crippen molar-refractivity contribution in [2.75, 3.05) is 0 Å². The number of halogens is 1. The van der Waals surface area contributed by atoms with Crippen LogP contribution in [0.3, 0.4) is 0 Å². The van der Waals surface area contributed by atoms with Gasteiger partial charge in [0, 0.05) is 11.7 Å². The Morgan fingerprint density at radius 2 is 2.15 bits per heavy atom. The molecule has 5 nitrogen and oxygen atoms in total. The molecule has 0 aliphatic carbocycles. The van der Waals surface area contributed by atoms with Crippen LogP contribution >= 0.6 is 15.9 Å². The van der Waals surface area contributed by atoms with Crippen molar-refractivity contribution in [2.45, 2.75) is 0 Å². The molecule has 0 radical (unpaired) electrons. The minimum atomic E-state index is -1.65. The number of nitrogens with zero attached hydrogens (tertiary/aromatic N) is 1. The van der Waals surface area contributed by atoms with E-state index in [1.165, 1.54) is 6.07 Å². The molecular weight excluding hydrogens is 241 g/mol. The quantitative estimate of drug-likeness (QED) is 0.595. The van der Waals surface area contributed by atoms with E-state index in [2.05, 4.69) is 20.9 Å². The molecule has 0 aliphatic heterocycles. The molecule has 0 atom stereocenters. The van der Waals surface area contributed by atoms with Crippen molar-refractivity contribution < 1.29 is 19.9 Å². The van der Waals surface area contributed by atoms with Crippen LogP contribution in [-0.2, 0) is 0 Å². The fourth-order valence-corrected chi connectivity index (χ4v) is 1.29. The number of hydrogen-bond acceptors (Lipinski definition) is 4. The maximum Gasteiger partial charge on any atom is 0.490 e. The lowest BCUT2D eigenvalue weighted by Gasteiger charge is -2.01. The average molecular weight is 246 g/mol. The minimum absolute atomic E-state index is 0.136. The number of aromatic nitrogens is 1. The number of carboxylic acid groups (broad SMARTS) is 1. The second kappa shape index (κ2) is 3.86. The van der Waals surface area contributed by atoms with Crippen LogP contribution < -0.4 is 5.46 Å². The first kappa shape index (κ1) is 10.2. The van der Waals surface area contributed by atoms with Crippen molar-refractivity contribution in [3.63, 3.8) is 0 Å². The zero-order valence-electron chi connectivity index (χ0n) is 6.31. The molecule has 1 aromatic heterocycles. The van der Waals surface area contributed by atoms with E-state index in [1.54, 1.807) is 0 Å². The van der Waals surface area contributed by atoms with Gasteiger partial charge in [-0.15, -0.1) is 0 Å². The smallest absolute Gasteiger partial charge is 0.476 e. The molecule has 0 spiro atoms. The van der Waals surface area contributed by atoms with Gasteiger partial charge >= 0.3 is 13.1 Å². The average Bonchev–Trinajstić information content (AvgIpc) is 2.03. The summed E-state index contributed by atoms with van der Waals surface area (Å²) >= 11 is 2.95. The van der Waals surface area contributed by atoms with E-state index in [9.17, 15) is 4.79 Å². The molecule has 7 heteroatoms. The molecule has 1 heterocycles. The molecule has 0 aromatic carbocycles. The van der Waals surface area contributed by atoms with E-state index in [4.69, 9.17) is 15.2 Å². The van der Waals surface area contributed by atoms with Gasteiger partial charge in [0.25, 0.3) is 0 Å². The minimum Gasteiger partial charge on any atom is -0.476 e. The van der Waals surface area contributed by atoms with Crippen molar-refractivity contribution >= 4 is 34.5 Å². The molecule has 0 saturated carbocycles. The fourth-order valence-electron chi connectivity index (χ4n) is 0.751. The predicted octanol–water partition coefficient (Wildman–Crippen LogP) is -0.778. The standard InChI is InChI=1S/C6H5BBrNO4/c8-4-1-3(7(12)13)2-9-5(4)6(10)11/h1-2,12-13H,(H,10,11).